The molecule has 100 valence electrons. The molecule has 0 spiro atoms. The molecule has 7 heteroatoms. The van der Waals surface area contributed by atoms with Crippen molar-refractivity contribution < 1.29 is 14.1 Å². The summed E-state index contributed by atoms with van der Waals surface area (Å²) in [6, 6.07) is 1.80. The van der Waals surface area contributed by atoms with Crippen LogP contribution in [0.5, 0.6) is 0 Å². The second-order valence-electron chi connectivity index (χ2n) is 3.84. The van der Waals surface area contributed by atoms with Crippen molar-refractivity contribution in [3.8, 4) is 11.5 Å². The van der Waals surface area contributed by atoms with E-state index in [-0.39, 0.29) is 18.3 Å². The van der Waals surface area contributed by atoms with Crippen LogP contribution in [0, 0.1) is 6.92 Å². The summed E-state index contributed by atoms with van der Waals surface area (Å²) in [5.41, 5.74) is 2.17. The fourth-order valence-corrected chi connectivity index (χ4v) is 1.57. The number of carbonyl (C=O) groups is 1. The number of hydrogen-bond acceptors (Lipinski definition) is 7. The maximum Gasteiger partial charge on any atom is 0.379 e. The van der Waals surface area contributed by atoms with Gasteiger partial charge in [-0.05, 0) is 31.5 Å². The minimum Gasteiger partial charge on any atom is -0.460 e. The molecule has 0 aromatic carbocycles. The molecular formula is C12H14N4O3. The zero-order valence-electron chi connectivity index (χ0n) is 11.0. The van der Waals surface area contributed by atoms with Gasteiger partial charge in [-0.3, -0.25) is 0 Å². The molecular weight excluding hydrogens is 248 g/mol. The van der Waals surface area contributed by atoms with Gasteiger partial charge in [0.25, 0.3) is 11.7 Å². The van der Waals surface area contributed by atoms with E-state index in [9.17, 15) is 4.79 Å². The summed E-state index contributed by atoms with van der Waals surface area (Å²) in [4.78, 5) is 15.5. The Morgan fingerprint density at radius 2 is 2.16 bits per heavy atom. The first kappa shape index (κ1) is 13.1. The Hall–Kier alpha value is -2.31. The molecule has 0 aliphatic heterocycles. The van der Waals surface area contributed by atoms with Crippen LogP contribution in [0.2, 0.25) is 0 Å². The van der Waals surface area contributed by atoms with Crippen molar-refractivity contribution >= 4 is 5.97 Å². The molecule has 0 amide bonds. The summed E-state index contributed by atoms with van der Waals surface area (Å²) in [6.07, 6.45) is 0.680. The van der Waals surface area contributed by atoms with Crippen LogP contribution in [0.25, 0.3) is 11.5 Å². The van der Waals surface area contributed by atoms with E-state index in [1.54, 1.807) is 13.0 Å². The van der Waals surface area contributed by atoms with E-state index in [1.807, 2.05) is 13.8 Å². The van der Waals surface area contributed by atoms with Crippen LogP contribution in [-0.4, -0.2) is 32.9 Å². The van der Waals surface area contributed by atoms with Gasteiger partial charge in [0.15, 0.2) is 0 Å². The van der Waals surface area contributed by atoms with Crippen molar-refractivity contribution in [2.45, 2.75) is 27.2 Å². The third-order valence-corrected chi connectivity index (χ3v) is 2.44. The average molecular weight is 262 g/mol. The number of aromatic nitrogens is 4. The van der Waals surface area contributed by atoms with Gasteiger partial charge in [-0.1, -0.05) is 6.92 Å². The number of ether oxygens (including phenoxy) is 1. The Bertz CT molecular complexity index is 594. The quantitative estimate of drug-likeness (QED) is 0.772. The molecule has 0 saturated heterocycles. The number of nitrogens with zero attached hydrogens (tertiary/aromatic N) is 4. The molecule has 0 fully saturated rings. The molecule has 0 N–H and O–H groups in total. The van der Waals surface area contributed by atoms with Crippen molar-refractivity contribution in [1.82, 2.24) is 20.3 Å². The molecule has 19 heavy (non-hydrogen) atoms. The normalized spacial score (nSPS) is 10.5. The first-order valence-corrected chi connectivity index (χ1v) is 6.00. The molecule has 0 atom stereocenters. The van der Waals surface area contributed by atoms with Gasteiger partial charge in [-0.25, -0.2) is 4.79 Å². The van der Waals surface area contributed by atoms with Gasteiger partial charge in [0.1, 0.15) is 0 Å². The standard InChI is InChI=1S/C12H14N4O3/c1-4-9-8(6-7(3)14-15-9)11-13-10(16-19-11)12(17)18-5-2/h6H,4-5H2,1-3H3. The van der Waals surface area contributed by atoms with Gasteiger partial charge in [0, 0.05) is 0 Å². The average Bonchev–Trinajstić information content (AvgIpc) is 2.88. The third kappa shape index (κ3) is 2.75. The van der Waals surface area contributed by atoms with Crippen molar-refractivity contribution in [2.24, 2.45) is 0 Å². The zero-order valence-corrected chi connectivity index (χ0v) is 11.0. The molecule has 0 aliphatic rings. The smallest absolute Gasteiger partial charge is 0.379 e. The summed E-state index contributed by atoms with van der Waals surface area (Å²) in [6.45, 7) is 5.74. The number of carbonyl (C=O) groups excluding carboxylic acids is 1. The highest BCUT2D eigenvalue weighted by molar-refractivity contribution is 5.85. The van der Waals surface area contributed by atoms with Gasteiger partial charge < -0.3 is 9.26 Å². The van der Waals surface area contributed by atoms with Crippen molar-refractivity contribution in [3.05, 3.63) is 23.3 Å². The zero-order chi connectivity index (χ0) is 13.8. The van der Waals surface area contributed by atoms with Crippen LogP contribution in [0.4, 0.5) is 0 Å². The summed E-state index contributed by atoms with van der Waals surface area (Å²) < 4.78 is 9.89. The maximum absolute atomic E-state index is 11.5. The Labute approximate surface area is 110 Å². The molecule has 0 unspecified atom stereocenters. The number of hydrogen-bond donors (Lipinski definition) is 0. The van der Waals surface area contributed by atoms with Crippen molar-refractivity contribution in [2.75, 3.05) is 6.61 Å². The molecule has 2 aromatic rings. The summed E-state index contributed by atoms with van der Waals surface area (Å²) >= 11 is 0. The predicted molar refractivity (Wildman–Crippen MR) is 65.4 cm³/mol. The fourth-order valence-electron chi connectivity index (χ4n) is 1.57. The van der Waals surface area contributed by atoms with E-state index in [0.717, 1.165) is 11.4 Å². The van der Waals surface area contributed by atoms with E-state index in [1.165, 1.54) is 0 Å². The lowest BCUT2D eigenvalue weighted by molar-refractivity contribution is 0.0508. The monoisotopic (exact) mass is 262 g/mol. The third-order valence-electron chi connectivity index (χ3n) is 2.44. The summed E-state index contributed by atoms with van der Waals surface area (Å²) in [5.74, 6) is -0.444. The van der Waals surface area contributed by atoms with E-state index in [0.29, 0.717) is 12.0 Å². The predicted octanol–water partition coefficient (Wildman–Crippen LogP) is 1.57. The first-order valence-electron chi connectivity index (χ1n) is 6.00. The van der Waals surface area contributed by atoms with Crippen LogP contribution in [-0.2, 0) is 11.2 Å². The Kier molecular flexibility index (Phi) is 3.84. The van der Waals surface area contributed by atoms with Gasteiger partial charge in [0.2, 0.25) is 0 Å². The van der Waals surface area contributed by atoms with E-state index in [2.05, 4.69) is 20.3 Å². The topological polar surface area (TPSA) is 91.0 Å². The Morgan fingerprint density at radius 1 is 1.37 bits per heavy atom. The molecule has 0 bridgehead atoms. The fraction of sp³-hybridized carbons (Fsp3) is 0.417. The number of aryl methyl sites for hydroxylation is 2. The largest absolute Gasteiger partial charge is 0.460 e. The van der Waals surface area contributed by atoms with Crippen LogP contribution in [0.1, 0.15) is 35.9 Å². The van der Waals surface area contributed by atoms with Crippen LogP contribution < -0.4 is 0 Å². The lowest BCUT2D eigenvalue weighted by Gasteiger charge is -2.01. The van der Waals surface area contributed by atoms with Gasteiger partial charge in [-0.2, -0.15) is 15.2 Å². The van der Waals surface area contributed by atoms with E-state index in [4.69, 9.17) is 9.26 Å². The SMILES string of the molecule is CCOC(=O)c1noc(-c2cc(C)nnc2CC)n1. The van der Waals surface area contributed by atoms with E-state index < -0.39 is 5.97 Å². The summed E-state index contributed by atoms with van der Waals surface area (Å²) in [5, 5.41) is 11.7. The van der Waals surface area contributed by atoms with Crippen molar-refractivity contribution in [3.63, 3.8) is 0 Å². The maximum atomic E-state index is 11.5. The second-order valence-corrected chi connectivity index (χ2v) is 3.84. The van der Waals surface area contributed by atoms with Gasteiger partial charge >= 0.3 is 5.97 Å². The Balaban J connectivity index is 2.37. The molecule has 2 heterocycles. The van der Waals surface area contributed by atoms with Crippen LogP contribution in [0.15, 0.2) is 10.6 Å². The highest BCUT2D eigenvalue weighted by atomic mass is 16.5. The minimum absolute atomic E-state index is 0.0895. The first-order chi connectivity index (χ1) is 9.15. The minimum atomic E-state index is -0.603. The number of rotatable bonds is 4. The number of esters is 1. The lowest BCUT2D eigenvalue weighted by atomic mass is 10.1. The summed E-state index contributed by atoms with van der Waals surface area (Å²) in [7, 11) is 0. The second kappa shape index (κ2) is 5.55. The van der Waals surface area contributed by atoms with Gasteiger partial charge in [-0.15, -0.1) is 0 Å². The molecule has 0 aliphatic carbocycles. The molecule has 7 nitrogen and oxygen atoms in total. The molecule has 0 saturated carbocycles. The molecule has 2 aromatic heterocycles. The lowest BCUT2D eigenvalue weighted by Crippen LogP contribution is -2.06. The van der Waals surface area contributed by atoms with Crippen molar-refractivity contribution in [1.29, 1.82) is 0 Å². The van der Waals surface area contributed by atoms with E-state index >= 15 is 0 Å². The highest BCUT2D eigenvalue weighted by Crippen LogP contribution is 2.21. The van der Waals surface area contributed by atoms with Crippen LogP contribution >= 0.6 is 0 Å². The Morgan fingerprint density at radius 3 is 2.84 bits per heavy atom. The molecule has 0 radical (unpaired) electrons. The molecule has 2 rings (SSSR count). The van der Waals surface area contributed by atoms with Gasteiger partial charge in [0.05, 0.1) is 23.6 Å². The highest BCUT2D eigenvalue weighted by Gasteiger charge is 2.19. The van der Waals surface area contributed by atoms with Crippen LogP contribution in [0.3, 0.4) is 0 Å².